The van der Waals surface area contributed by atoms with Crippen LogP contribution in [0.25, 0.3) is 0 Å². The Balaban J connectivity index is 3.03. The van der Waals surface area contributed by atoms with Gasteiger partial charge in [-0.3, -0.25) is 10.1 Å². The highest BCUT2D eigenvalue weighted by molar-refractivity contribution is 6.14. The lowest BCUT2D eigenvalue weighted by molar-refractivity contribution is -0.485. The summed E-state index contributed by atoms with van der Waals surface area (Å²) in [7, 11) is 0. The Morgan fingerprint density at radius 3 is 2.92 bits per heavy atom. The molecule has 1 aliphatic rings. The second-order valence-electron chi connectivity index (χ2n) is 2.08. The lowest BCUT2D eigenvalue weighted by atomic mass is 10.2. The summed E-state index contributed by atoms with van der Waals surface area (Å²) in [5.41, 5.74) is 2.08. The molecule has 9 nitrogen and oxygen atoms in total. The topological polar surface area (TPSA) is 144 Å². The van der Waals surface area contributed by atoms with Gasteiger partial charge in [-0.05, 0) is 0 Å². The highest BCUT2D eigenvalue weighted by Crippen LogP contribution is 2.01. The van der Waals surface area contributed by atoms with Gasteiger partial charge in [-0.1, -0.05) is 0 Å². The van der Waals surface area contributed by atoms with Crippen molar-refractivity contribution in [3.05, 3.63) is 10.1 Å². The minimum Gasteiger partial charge on any atom is -0.321 e. The van der Waals surface area contributed by atoms with Crippen LogP contribution in [0.3, 0.4) is 0 Å². The van der Waals surface area contributed by atoms with E-state index >= 15 is 0 Å². The largest absolute Gasteiger partial charge is 0.330 e. The van der Waals surface area contributed by atoms with Crippen molar-refractivity contribution in [2.24, 2.45) is 26.8 Å². The molecule has 9 heteroatoms. The lowest BCUT2D eigenvalue weighted by Crippen LogP contribution is -2.49. The first-order valence-corrected chi connectivity index (χ1v) is 3.18. The van der Waals surface area contributed by atoms with E-state index in [1.165, 1.54) is 0 Å². The first-order valence-electron chi connectivity index (χ1n) is 3.18. The number of aliphatic imine (C=N–C) groups is 2. The molecule has 13 heavy (non-hydrogen) atoms. The molecule has 0 saturated heterocycles. The van der Waals surface area contributed by atoms with Gasteiger partial charge in [-0.15, -0.1) is 0 Å². The third kappa shape index (κ3) is 1.59. The van der Waals surface area contributed by atoms with Crippen LogP contribution < -0.4 is 17.1 Å². The number of nitrogens with one attached hydrogen (secondary N) is 1. The van der Waals surface area contributed by atoms with Gasteiger partial charge in [-0.25, -0.2) is 15.8 Å². The van der Waals surface area contributed by atoms with E-state index in [9.17, 15) is 10.1 Å². The molecule has 0 aromatic carbocycles. The predicted molar refractivity (Wildman–Crippen MR) is 45.7 cm³/mol. The third-order valence-corrected chi connectivity index (χ3v) is 1.38. The molecule has 5 N–H and O–H groups in total. The van der Waals surface area contributed by atoms with Crippen LogP contribution in [0.1, 0.15) is 0 Å². The van der Waals surface area contributed by atoms with Crippen molar-refractivity contribution < 1.29 is 4.92 Å². The maximum atomic E-state index is 10.5. The van der Waals surface area contributed by atoms with Gasteiger partial charge in [0.15, 0.2) is 0 Å². The van der Waals surface area contributed by atoms with Crippen molar-refractivity contribution in [2.75, 3.05) is 0 Å². The first kappa shape index (κ1) is 9.06. The summed E-state index contributed by atoms with van der Waals surface area (Å²) in [6, 6.07) is -1.32. The Labute approximate surface area is 72.3 Å². The molecule has 0 aliphatic carbocycles. The summed E-state index contributed by atoms with van der Waals surface area (Å²) in [5.74, 6) is 9.70. The molecule has 1 rings (SSSR count). The summed E-state index contributed by atoms with van der Waals surface area (Å²) >= 11 is 0. The van der Waals surface area contributed by atoms with Crippen molar-refractivity contribution in [3.63, 3.8) is 0 Å². The van der Waals surface area contributed by atoms with Gasteiger partial charge in [0.2, 0.25) is 11.7 Å². The fourth-order valence-corrected chi connectivity index (χ4v) is 0.828. The highest BCUT2D eigenvalue weighted by Gasteiger charge is 2.35. The standard InChI is InChI=1S/C4H7N7O2/c5-9-3-2(11(12)13)4(10-6)8-1-7-3/h1-2H,5-6H2,(H,7,8,9,10). The predicted octanol–water partition coefficient (Wildman–Crippen LogP) is -2.19. The van der Waals surface area contributed by atoms with E-state index in [-0.39, 0.29) is 11.7 Å². The van der Waals surface area contributed by atoms with Crippen molar-refractivity contribution in [3.8, 4) is 0 Å². The van der Waals surface area contributed by atoms with E-state index in [0.29, 0.717) is 0 Å². The SMILES string of the molecule is NN=C1N=CN=C(NN)C1[N+](=O)[O-]. The van der Waals surface area contributed by atoms with Crippen LogP contribution in [0.15, 0.2) is 15.1 Å². The maximum Gasteiger partial charge on any atom is 0.330 e. The third-order valence-electron chi connectivity index (χ3n) is 1.38. The maximum absolute atomic E-state index is 10.5. The Bertz CT molecular complexity index is 306. The number of rotatable bonds is 1. The van der Waals surface area contributed by atoms with Gasteiger partial charge >= 0.3 is 6.04 Å². The number of nitrogens with zero attached hydrogens (tertiary/aromatic N) is 4. The molecule has 0 bridgehead atoms. The molecular weight excluding hydrogens is 178 g/mol. The molecule has 0 fully saturated rings. The summed E-state index contributed by atoms with van der Waals surface area (Å²) in [6.07, 6.45) is 1.08. The Morgan fingerprint density at radius 1 is 1.77 bits per heavy atom. The van der Waals surface area contributed by atoms with Crippen molar-refractivity contribution in [1.82, 2.24) is 5.43 Å². The molecule has 0 radical (unpaired) electrons. The van der Waals surface area contributed by atoms with Crippen molar-refractivity contribution in [1.29, 1.82) is 0 Å². The molecule has 1 unspecified atom stereocenters. The number of nitrogens with two attached hydrogens (primary N) is 2. The molecule has 0 spiro atoms. The molecule has 1 heterocycles. The van der Waals surface area contributed by atoms with E-state index < -0.39 is 11.0 Å². The fourth-order valence-electron chi connectivity index (χ4n) is 0.828. The van der Waals surface area contributed by atoms with Crippen LogP contribution in [0.4, 0.5) is 0 Å². The fraction of sp³-hybridized carbons (Fsp3) is 0.250. The zero-order valence-corrected chi connectivity index (χ0v) is 6.41. The van der Waals surface area contributed by atoms with Gasteiger partial charge in [0, 0.05) is 4.92 Å². The van der Waals surface area contributed by atoms with Gasteiger partial charge in [-0.2, -0.15) is 5.10 Å². The summed E-state index contributed by atoms with van der Waals surface area (Å²) < 4.78 is 0. The average Bonchev–Trinajstić information content (AvgIpc) is 2.16. The second-order valence-corrected chi connectivity index (χ2v) is 2.08. The van der Waals surface area contributed by atoms with Crippen molar-refractivity contribution >= 4 is 18.0 Å². The van der Waals surface area contributed by atoms with E-state index in [2.05, 4.69) is 20.5 Å². The average molecular weight is 185 g/mol. The minimum absolute atomic E-state index is 0.0517. The van der Waals surface area contributed by atoms with E-state index in [1.807, 2.05) is 0 Å². The van der Waals surface area contributed by atoms with Crippen LogP contribution in [0.2, 0.25) is 0 Å². The minimum atomic E-state index is -1.32. The number of hydrazine groups is 1. The summed E-state index contributed by atoms with van der Waals surface area (Å²) in [4.78, 5) is 17.0. The normalized spacial score (nSPS) is 24.2. The van der Waals surface area contributed by atoms with Crippen molar-refractivity contribution in [2.45, 2.75) is 6.04 Å². The molecule has 0 saturated carbocycles. The van der Waals surface area contributed by atoms with Crippen LogP contribution in [0, 0.1) is 10.1 Å². The smallest absolute Gasteiger partial charge is 0.321 e. The van der Waals surface area contributed by atoms with E-state index in [0.717, 1.165) is 6.34 Å². The monoisotopic (exact) mass is 185 g/mol. The van der Waals surface area contributed by atoms with E-state index in [1.54, 1.807) is 0 Å². The van der Waals surface area contributed by atoms with Crippen LogP contribution >= 0.6 is 0 Å². The Hall–Kier alpha value is -2.03. The quantitative estimate of drug-likeness (QED) is 0.241. The molecular formula is C4H7N7O2. The summed E-state index contributed by atoms with van der Waals surface area (Å²) in [5, 5.41) is 13.7. The van der Waals surface area contributed by atoms with Gasteiger partial charge in [0.1, 0.15) is 6.34 Å². The van der Waals surface area contributed by atoms with Gasteiger partial charge in [0.05, 0.1) is 0 Å². The molecule has 0 aromatic heterocycles. The van der Waals surface area contributed by atoms with Gasteiger partial charge in [0.25, 0.3) is 0 Å². The molecule has 70 valence electrons. The zero-order chi connectivity index (χ0) is 9.84. The number of nitro groups is 1. The van der Waals surface area contributed by atoms with Gasteiger partial charge < -0.3 is 11.3 Å². The van der Waals surface area contributed by atoms with E-state index in [4.69, 9.17) is 11.7 Å². The molecule has 1 aliphatic heterocycles. The molecule has 0 aromatic rings. The van der Waals surface area contributed by atoms with Crippen LogP contribution in [-0.2, 0) is 0 Å². The Morgan fingerprint density at radius 2 is 2.46 bits per heavy atom. The zero-order valence-electron chi connectivity index (χ0n) is 6.41. The highest BCUT2D eigenvalue weighted by atomic mass is 16.6. The summed E-state index contributed by atoms with van der Waals surface area (Å²) in [6.45, 7) is 0. The lowest BCUT2D eigenvalue weighted by Gasteiger charge is -2.12. The van der Waals surface area contributed by atoms with Crippen LogP contribution in [0.5, 0.6) is 0 Å². The Kier molecular flexibility index (Phi) is 2.50. The second kappa shape index (κ2) is 3.58. The number of hydrogen-bond donors (Lipinski definition) is 3. The number of hydrazone groups is 1. The molecule has 1 atom stereocenters. The van der Waals surface area contributed by atoms with Crippen LogP contribution in [-0.4, -0.2) is 29.0 Å². The number of amidine groups is 2. The number of hydrogen-bond acceptors (Lipinski definition) is 7. The molecule has 0 amide bonds. The first-order chi connectivity index (χ1) is 6.20.